The molecule has 0 amide bonds. The molecule has 2 aromatic rings. The fraction of sp³-hybridized carbons (Fsp3) is 0.333. The van der Waals surface area contributed by atoms with Gasteiger partial charge in [0.25, 0.3) is 0 Å². The van der Waals surface area contributed by atoms with Crippen LogP contribution in [0.2, 0.25) is 0 Å². The third-order valence-corrected chi connectivity index (χ3v) is 4.35. The summed E-state index contributed by atoms with van der Waals surface area (Å²) >= 11 is 6.68. The topological polar surface area (TPSA) is 76.7 Å². The summed E-state index contributed by atoms with van der Waals surface area (Å²) in [7, 11) is 0. The summed E-state index contributed by atoms with van der Waals surface area (Å²) < 4.78 is 0. The second-order valence-corrected chi connectivity index (χ2v) is 5.90. The molecule has 0 radical (unpaired) electrons. The number of thiazole rings is 1. The Kier molecular flexibility index (Phi) is 3.39. The van der Waals surface area contributed by atoms with Crippen LogP contribution in [0.3, 0.4) is 0 Å². The van der Waals surface area contributed by atoms with E-state index in [1.807, 2.05) is 0 Å². The molecular weight excluding hydrogens is 278 g/mol. The Morgan fingerprint density at radius 2 is 2.21 bits per heavy atom. The van der Waals surface area contributed by atoms with Crippen molar-refractivity contribution in [3.05, 3.63) is 28.4 Å². The molecule has 0 fully saturated rings. The van der Waals surface area contributed by atoms with E-state index < -0.39 is 0 Å². The quantitative estimate of drug-likeness (QED) is 0.844. The van der Waals surface area contributed by atoms with Gasteiger partial charge in [0.2, 0.25) is 0 Å². The van der Waals surface area contributed by atoms with Crippen molar-refractivity contribution in [1.82, 2.24) is 15.2 Å². The van der Waals surface area contributed by atoms with Gasteiger partial charge in [0.05, 0.1) is 17.5 Å². The van der Waals surface area contributed by atoms with E-state index in [1.165, 1.54) is 23.4 Å². The van der Waals surface area contributed by atoms with Crippen LogP contribution in [-0.4, -0.2) is 20.2 Å². The molecule has 2 heterocycles. The summed E-state index contributed by atoms with van der Waals surface area (Å²) in [6.45, 7) is 0. The molecule has 0 spiro atoms. The van der Waals surface area contributed by atoms with Gasteiger partial charge in [-0.25, -0.2) is 4.98 Å². The first-order chi connectivity index (χ1) is 9.24. The lowest BCUT2D eigenvalue weighted by molar-refractivity contribution is 0.683. The lowest BCUT2D eigenvalue weighted by Gasteiger charge is -2.06. The van der Waals surface area contributed by atoms with Crippen molar-refractivity contribution in [3.8, 4) is 0 Å². The summed E-state index contributed by atoms with van der Waals surface area (Å²) in [4.78, 5) is 6.28. The van der Waals surface area contributed by atoms with Crippen LogP contribution in [0.1, 0.15) is 29.0 Å². The molecule has 1 aliphatic carbocycles. The van der Waals surface area contributed by atoms with Crippen molar-refractivity contribution >= 4 is 39.5 Å². The molecule has 3 N–H and O–H groups in total. The highest BCUT2D eigenvalue weighted by Gasteiger charge is 2.16. The molecule has 0 saturated heterocycles. The van der Waals surface area contributed by atoms with Crippen molar-refractivity contribution < 1.29 is 0 Å². The molecule has 7 heteroatoms. The van der Waals surface area contributed by atoms with Gasteiger partial charge in [-0.3, -0.25) is 0 Å². The molecule has 98 valence electrons. The number of fused-ring (bicyclic) bond motifs is 1. The predicted molar refractivity (Wildman–Crippen MR) is 80.0 cm³/mol. The highest BCUT2D eigenvalue weighted by molar-refractivity contribution is 7.80. The number of nitrogens with two attached hydrogens (primary N) is 1. The number of hydrogen-bond donors (Lipinski definition) is 2. The molecule has 0 unspecified atom stereocenters. The van der Waals surface area contributed by atoms with Crippen LogP contribution in [0.15, 0.2) is 12.3 Å². The highest BCUT2D eigenvalue weighted by Crippen LogP contribution is 2.31. The van der Waals surface area contributed by atoms with Gasteiger partial charge in [-0.15, -0.1) is 16.4 Å². The minimum absolute atomic E-state index is 0.304. The molecule has 19 heavy (non-hydrogen) atoms. The minimum Gasteiger partial charge on any atom is -0.389 e. The predicted octanol–water partition coefficient (Wildman–Crippen LogP) is 2.19. The highest BCUT2D eigenvalue weighted by atomic mass is 32.1. The molecule has 0 bridgehead atoms. The number of hydrogen-bond acceptors (Lipinski definition) is 6. The molecule has 0 saturated carbocycles. The third kappa shape index (κ3) is 2.57. The number of thiocarbonyl (C=S) groups is 1. The van der Waals surface area contributed by atoms with E-state index in [0.717, 1.165) is 18.0 Å². The van der Waals surface area contributed by atoms with Crippen LogP contribution in [0.5, 0.6) is 0 Å². The van der Waals surface area contributed by atoms with E-state index in [0.29, 0.717) is 16.4 Å². The molecule has 0 atom stereocenters. The normalized spacial score (nSPS) is 13.9. The Bertz CT molecular complexity index is 599. The van der Waals surface area contributed by atoms with Crippen molar-refractivity contribution in [1.29, 1.82) is 0 Å². The van der Waals surface area contributed by atoms with Crippen LogP contribution in [0, 0.1) is 0 Å². The lowest BCUT2D eigenvalue weighted by Crippen LogP contribution is -2.13. The Morgan fingerprint density at radius 3 is 3.00 bits per heavy atom. The molecule has 5 nitrogen and oxygen atoms in total. The second kappa shape index (κ2) is 5.18. The van der Waals surface area contributed by atoms with Gasteiger partial charge in [-0.05, 0) is 31.7 Å². The zero-order chi connectivity index (χ0) is 13.2. The van der Waals surface area contributed by atoms with Gasteiger partial charge in [-0.1, -0.05) is 12.2 Å². The average molecular weight is 291 g/mol. The molecular formula is C12H13N5S2. The van der Waals surface area contributed by atoms with Crippen molar-refractivity contribution in [2.24, 2.45) is 5.73 Å². The van der Waals surface area contributed by atoms with Crippen LogP contribution in [0.4, 0.5) is 10.9 Å². The zero-order valence-corrected chi connectivity index (χ0v) is 11.9. The van der Waals surface area contributed by atoms with Crippen molar-refractivity contribution in [2.75, 3.05) is 5.32 Å². The van der Waals surface area contributed by atoms with E-state index in [4.69, 9.17) is 18.0 Å². The first-order valence-electron chi connectivity index (χ1n) is 6.11. The van der Waals surface area contributed by atoms with Crippen molar-refractivity contribution in [2.45, 2.75) is 25.7 Å². The van der Waals surface area contributed by atoms with Gasteiger partial charge < -0.3 is 11.1 Å². The molecule has 0 aromatic carbocycles. The van der Waals surface area contributed by atoms with Gasteiger partial charge in [0.15, 0.2) is 10.9 Å². The number of nitrogens with zero attached hydrogens (tertiary/aromatic N) is 3. The average Bonchev–Trinajstić information content (AvgIpc) is 2.81. The fourth-order valence-electron chi connectivity index (χ4n) is 2.13. The number of rotatable bonds is 3. The van der Waals surface area contributed by atoms with E-state index in [2.05, 4.69) is 20.5 Å². The standard InChI is InChI=1S/C12H13N5S2/c13-10(18)7-5-6-14-17-11(7)16-12-15-8-3-1-2-4-9(8)19-12/h5-6H,1-4H2,(H2,13,18)(H,15,16,17). The monoisotopic (exact) mass is 291 g/mol. The molecule has 1 aliphatic rings. The van der Waals surface area contributed by atoms with Crippen LogP contribution < -0.4 is 11.1 Å². The number of aromatic nitrogens is 3. The van der Waals surface area contributed by atoms with E-state index >= 15 is 0 Å². The Hall–Kier alpha value is -1.60. The summed E-state index contributed by atoms with van der Waals surface area (Å²) in [5, 5.41) is 11.9. The van der Waals surface area contributed by atoms with Gasteiger partial charge >= 0.3 is 0 Å². The van der Waals surface area contributed by atoms with Crippen LogP contribution >= 0.6 is 23.6 Å². The van der Waals surface area contributed by atoms with Crippen LogP contribution in [0.25, 0.3) is 0 Å². The van der Waals surface area contributed by atoms with Crippen molar-refractivity contribution in [3.63, 3.8) is 0 Å². The van der Waals surface area contributed by atoms with E-state index in [-0.39, 0.29) is 0 Å². The van der Waals surface area contributed by atoms with E-state index in [9.17, 15) is 0 Å². The first kappa shape index (κ1) is 12.4. The minimum atomic E-state index is 0.304. The van der Waals surface area contributed by atoms with Gasteiger partial charge in [0.1, 0.15) is 4.99 Å². The number of aryl methyl sites for hydroxylation is 2. The second-order valence-electron chi connectivity index (χ2n) is 4.38. The third-order valence-electron chi connectivity index (χ3n) is 3.06. The molecule has 2 aromatic heterocycles. The maximum absolute atomic E-state index is 5.67. The summed E-state index contributed by atoms with van der Waals surface area (Å²) in [6, 6.07) is 1.76. The Morgan fingerprint density at radius 1 is 1.37 bits per heavy atom. The summed E-state index contributed by atoms with van der Waals surface area (Å²) in [5.41, 5.74) is 7.57. The molecule has 0 aliphatic heterocycles. The maximum Gasteiger partial charge on any atom is 0.188 e. The fourth-order valence-corrected chi connectivity index (χ4v) is 3.34. The molecule has 3 rings (SSSR count). The summed E-state index contributed by atoms with van der Waals surface area (Å²) in [5.74, 6) is 0.570. The van der Waals surface area contributed by atoms with E-state index in [1.54, 1.807) is 23.6 Å². The smallest absolute Gasteiger partial charge is 0.188 e. The zero-order valence-electron chi connectivity index (χ0n) is 10.2. The van der Waals surface area contributed by atoms with Crippen LogP contribution in [-0.2, 0) is 12.8 Å². The maximum atomic E-state index is 5.67. The largest absolute Gasteiger partial charge is 0.389 e. The summed E-state index contributed by atoms with van der Waals surface area (Å²) in [6.07, 6.45) is 6.23. The Labute approximate surface area is 120 Å². The number of anilines is 2. The Balaban J connectivity index is 1.89. The lowest BCUT2D eigenvalue weighted by atomic mass is 10.0. The SMILES string of the molecule is NC(=S)c1ccnnc1Nc1nc2c(s1)CCCC2. The van der Waals surface area contributed by atoms with Gasteiger partial charge in [-0.2, -0.15) is 5.10 Å². The number of nitrogens with one attached hydrogen (secondary N) is 1. The van der Waals surface area contributed by atoms with Gasteiger partial charge in [0, 0.05) is 4.88 Å². The first-order valence-corrected chi connectivity index (χ1v) is 7.33.